The van der Waals surface area contributed by atoms with Gasteiger partial charge in [0.2, 0.25) is 0 Å². The Morgan fingerprint density at radius 2 is 1.51 bits per heavy atom. The van der Waals surface area contributed by atoms with Gasteiger partial charge in [0.1, 0.15) is 17.1 Å². The second-order valence-electron chi connectivity index (χ2n) is 13.2. The first-order valence-corrected chi connectivity index (χ1v) is 13.2. The molecule has 3 rings (SSSR count). The van der Waals surface area contributed by atoms with E-state index in [1.54, 1.807) is 14.2 Å². The minimum atomic E-state index is -0.532. The molecule has 8 heteroatoms. The predicted molar refractivity (Wildman–Crippen MR) is 149 cm³/mol. The van der Waals surface area contributed by atoms with Gasteiger partial charge in [-0.05, 0) is 90.4 Å². The van der Waals surface area contributed by atoms with Gasteiger partial charge in [0.05, 0.1) is 31.0 Å². The number of likely N-dealkylation sites (tertiary alicyclic amines) is 1. The van der Waals surface area contributed by atoms with Crippen LogP contribution >= 0.6 is 0 Å². The molecule has 1 aromatic carbocycles. The van der Waals surface area contributed by atoms with Gasteiger partial charge in [-0.25, -0.2) is 4.79 Å². The van der Waals surface area contributed by atoms with Gasteiger partial charge in [-0.15, -0.1) is 0 Å². The number of ether oxygens (including phenoxy) is 3. The summed E-state index contributed by atoms with van der Waals surface area (Å²) in [7, 11) is 2.80. The molecule has 0 bridgehead atoms. The number of hydrogen-bond acceptors (Lipinski definition) is 6. The third-order valence-corrected chi connectivity index (χ3v) is 7.57. The van der Waals surface area contributed by atoms with Crippen LogP contribution in [0, 0.1) is 5.41 Å². The number of carbonyl (C=O) groups is 1. The van der Waals surface area contributed by atoms with Crippen LogP contribution in [0.1, 0.15) is 87.6 Å². The van der Waals surface area contributed by atoms with E-state index >= 15 is 0 Å². The largest absolute Gasteiger partial charge is 0.496 e. The van der Waals surface area contributed by atoms with Crippen LogP contribution in [0.5, 0.6) is 11.5 Å². The summed E-state index contributed by atoms with van der Waals surface area (Å²) in [4.78, 5) is 14.9. The topological polar surface area (TPSA) is 66.5 Å². The monoisotopic (exact) mass is 515 g/mol. The van der Waals surface area contributed by atoms with Gasteiger partial charge in [0.15, 0.2) is 0 Å². The first-order valence-electron chi connectivity index (χ1n) is 13.2. The molecule has 2 heterocycles. The summed E-state index contributed by atoms with van der Waals surface area (Å²) in [6, 6.07) is 3.94. The van der Waals surface area contributed by atoms with E-state index in [9.17, 15) is 4.79 Å². The Hall–Kier alpha value is -2.19. The second kappa shape index (κ2) is 10.2. The Kier molecular flexibility index (Phi) is 8.08. The number of benzene rings is 1. The highest BCUT2D eigenvalue weighted by Gasteiger charge is 2.52. The van der Waals surface area contributed by atoms with Crippen molar-refractivity contribution < 1.29 is 28.3 Å². The summed E-state index contributed by atoms with van der Waals surface area (Å²) in [5.74, 6) is 1.39. The molecule has 2 aliphatic rings. The zero-order valence-electron chi connectivity index (χ0n) is 24.9. The third kappa shape index (κ3) is 6.46. The molecule has 0 N–H and O–H groups in total. The molecule has 2 saturated heterocycles. The van der Waals surface area contributed by atoms with E-state index in [2.05, 4.69) is 26.8 Å². The van der Waals surface area contributed by atoms with Crippen molar-refractivity contribution in [1.29, 1.82) is 0 Å². The summed E-state index contributed by atoms with van der Waals surface area (Å²) >= 11 is 0. The van der Waals surface area contributed by atoms with Gasteiger partial charge < -0.3 is 28.4 Å². The van der Waals surface area contributed by atoms with Crippen LogP contribution in [0.3, 0.4) is 0 Å². The van der Waals surface area contributed by atoms with Crippen molar-refractivity contribution in [3.05, 3.63) is 23.3 Å². The normalized spacial score (nSPS) is 22.8. The Morgan fingerprint density at radius 1 is 1.00 bits per heavy atom. The second-order valence-corrected chi connectivity index (χ2v) is 13.2. The number of rotatable bonds is 4. The number of hydrogen-bond donors (Lipinski definition) is 0. The minimum absolute atomic E-state index is 0.00312. The van der Waals surface area contributed by atoms with Gasteiger partial charge in [-0.2, -0.15) is 0 Å². The number of amides is 1. The van der Waals surface area contributed by atoms with Crippen LogP contribution in [-0.4, -0.2) is 61.7 Å². The van der Waals surface area contributed by atoms with Gasteiger partial charge in [0, 0.05) is 12.6 Å². The van der Waals surface area contributed by atoms with E-state index in [-0.39, 0.29) is 17.6 Å². The van der Waals surface area contributed by atoms with Crippen LogP contribution in [0.4, 0.5) is 4.79 Å². The zero-order chi connectivity index (χ0) is 28.0. The zero-order valence-corrected chi connectivity index (χ0v) is 24.9. The standard InChI is InChI=1S/C29H46BNO6/c1-26(2,3)24-16-19(13-14-31(24)25(32)35-27(4,5)6)15-21-22(33-11)17-20(18-23(21)34-12)30-36-28(7,8)29(9,10)37-30/h15,17-18,24H,13-14,16H2,1-12H3. The van der Waals surface area contributed by atoms with Crippen molar-refractivity contribution in [2.75, 3.05) is 20.8 Å². The average Bonchev–Trinajstić information content (AvgIpc) is 2.98. The van der Waals surface area contributed by atoms with Gasteiger partial charge >= 0.3 is 13.2 Å². The molecule has 1 atom stereocenters. The number of methoxy groups -OCH3 is 2. The lowest BCUT2D eigenvalue weighted by atomic mass is 9.77. The quantitative estimate of drug-likeness (QED) is 0.470. The molecule has 0 radical (unpaired) electrons. The lowest BCUT2D eigenvalue weighted by Gasteiger charge is -2.44. The molecule has 0 spiro atoms. The molecule has 0 aliphatic carbocycles. The molecule has 1 amide bonds. The van der Waals surface area contributed by atoms with Crippen LogP contribution in [0.25, 0.3) is 6.08 Å². The lowest BCUT2D eigenvalue weighted by molar-refractivity contribution is -0.00187. The van der Waals surface area contributed by atoms with Gasteiger partial charge in [0.25, 0.3) is 0 Å². The Morgan fingerprint density at radius 3 is 1.95 bits per heavy atom. The SMILES string of the molecule is COc1cc(B2OC(C)(C)C(C)(C)O2)cc(OC)c1C=C1CCN(C(=O)OC(C)(C)C)C(C(C)(C)C)C1. The lowest BCUT2D eigenvalue weighted by Crippen LogP contribution is -2.51. The van der Waals surface area contributed by atoms with Crippen LogP contribution in [-0.2, 0) is 14.0 Å². The average molecular weight is 516 g/mol. The van der Waals surface area contributed by atoms with E-state index in [1.165, 1.54) is 5.57 Å². The van der Waals surface area contributed by atoms with Crippen molar-refractivity contribution >= 4 is 24.8 Å². The maximum atomic E-state index is 13.0. The van der Waals surface area contributed by atoms with E-state index < -0.39 is 23.9 Å². The van der Waals surface area contributed by atoms with Gasteiger partial charge in [-0.3, -0.25) is 0 Å². The maximum Gasteiger partial charge on any atom is 0.495 e. The molecule has 0 saturated carbocycles. The van der Waals surface area contributed by atoms with Crippen molar-refractivity contribution in [2.24, 2.45) is 5.41 Å². The summed E-state index contributed by atoms with van der Waals surface area (Å²) in [6.07, 6.45) is 3.38. The fraction of sp³-hybridized carbons (Fsp3) is 0.690. The Bertz CT molecular complexity index is 993. The number of nitrogens with zero attached hydrogens (tertiary/aromatic N) is 1. The first kappa shape index (κ1) is 29.4. The van der Waals surface area contributed by atoms with E-state index in [1.807, 2.05) is 65.5 Å². The molecule has 2 aliphatic heterocycles. The molecule has 206 valence electrons. The van der Waals surface area contributed by atoms with E-state index in [0.29, 0.717) is 18.0 Å². The van der Waals surface area contributed by atoms with E-state index in [0.717, 1.165) is 23.9 Å². The molecular formula is C29H46BNO6. The van der Waals surface area contributed by atoms with E-state index in [4.69, 9.17) is 23.5 Å². The first-order chi connectivity index (χ1) is 16.9. The van der Waals surface area contributed by atoms with Crippen molar-refractivity contribution in [3.63, 3.8) is 0 Å². The molecule has 37 heavy (non-hydrogen) atoms. The third-order valence-electron chi connectivity index (χ3n) is 7.57. The maximum absolute atomic E-state index is 13.0. The van der Waals surface area contributed by atoms with Crippen molar-refractivity contribution in [2.45, 2.75) is 105 Å². The molecule has 1 aromatic rings. The summed E-state index contributed by atoms with van der Waals surface area (Å²) < 4.78 is 29.9. The molecule has 1 unspecified atom stereocenters. The van der Waals surface area contributed by atoms with Crippen LogP contribution in [0.2, 0.25) is 0 Å². The number of piperidine rings is 1. The Balaban J connectivity index is 1.94. The fourth-order valence-electron chi connectivity index (χ4n) is 4.75. The van der Waals surface area contributed by atoms with Crippen LogP contribution in [0.15, 0.2) is 17.7 Å². The Labute approximate surface area is 224 Å². The van der Waals surface area contributed by atoms with Crippen molar-refractivity contribution in [3.8, 4) is 11.5 Å². The summed E-state index contributed by atoms with van der Waals surface area (Å²) in [5, 5.41) is 0. The highest BCUT2D eigenvalue weighted by Crippen LogP contribution is 2.40. The highest BCUT2D eigenvalue weighted by atomic mass is 16.7. The summed E-state index contributed by atoms with van der Waals surface area (Å²) in [5.41, 5.74) is 1.42. The molecule has 2 fully saturated rings. The molecule has 0 aromatic heterocycles. The fourth-order valence-corrected chi connectivity index (χ4v) is 4.75. The smallest absolute Gasteiger partial charge is 0.495 e. The molecule has 7 nitrogen and oxygen atoms in total. The number of carbonyl (C=O) groups excluding carboxylic acids is 1. The molecular weight excluding hydrogens is 469 g/mol. The summed E-state index contributed by atoms with van der Waals surface area (Å²) in [6.45, 7) is 20.9. The predicted octanol–water partition coefficient (Wildman–Crippen LogP) is 5.83. The highest BCUT2D eigenvalue weighted by molar-refractivity contribution is 6.62. The van der Waals surface area contributed by atoms with Crippen molar-refractivity contribution in [1.82, 2.24) is 4.90 Å². The minimum Gasteiger partial charge on any atom is -0.496 e. The van der Waals surface area contributed by atoms with Crippen LogP contribution < -0.4 is 14.9 Å². The van der Waals surface area contributed by atoms with Gasteiger partial charge in [-0.1, -0.05) is 26.3 Å².